The minimum absolute atomic E-state index is 0.00862. The number of likely N-dealkylation sites (tertiary alicyclic amines) is 1. The van der Waals surface area contributed by atoms with Crippen LogP contribution >= 0.6 is 0 Å². The quantitative estimate of drug-likeness (QED) is 0.758. The number of carbonyl (C=O) groups is 2. The standard InChI is InChI=1S/C18H28N4O4/c1-25-17(23)6-11-26-15-4-9-21(10-5-15)18(24)16-12-22(13-20-16)14-2-7-19-8-3-14/h12-15,19H,2-11H2,1H3. The first kappa shape index (κ1) is 18.8. The van der Waals surface area contributed by atoms with Crippen molar-refractivity contribution in [1.82, 2.24) is 19.8 Å². The summed E-state index contributed by atoms with van der Waals surface area (Å²) in [5, 5.41) is 3.35. The van der Waals surface area contributed by atoms with Gasteiger partial charge >= 0.3 is 5.97 Å². The molecule has 2 aliphatic heterocycles. The molecule has 2 fully saturated rings. The van der Waals surface area contributed by atoms with E-state index < -0.39 is 0 Å². The molecule has 26 heavy (non-hydrogen) atoms. The van der Waals surface area contributed by atoms with Crippen LogP contribution in [0.5, 0.6) is 0 Å². The molecule has 8 heteroatoms. The number of nitrogens with zero attached hydrogens (tertiary/aromatic N) is 3. The molecule has 0 aliphatic carbocycles. The van der Waals surface area contributed by atoms with E-state index in [0.29, 0.717) is 31.4 Å². The van der Waals surface area contributed by atoms with Crippen LogP contribution in [0.1, 0.15) is 48.6 Å². The molecule has 1 N–H and O–H groups in total. The van der Waals surface area contributed by atoms with Gasteiger partial charge in [0.1, 0.15) is 5.69 Å². The number of aromatic nitrogens is 2. The number of amides is 1. The maximum Gasteiger partial charge on any atom is 0.307 e. The number of rotatable bonds is 6. The van der Waals surface area contributed by atoms with Gasteiger partial charge in [0.2, 0.25) is 0 Å². The van der Waals surface area contributed by atoms with Crippen LogP contribution in [0.15, 0.2) is 12.5 Å². The van der Waals surface area contributed by atoms with E-state index >= 15 is 0 Å². The predicted molar refractivity (Wildman–Crippen MR) is 94.9 cm³/mol. The summed E-state index contributed by atoms with van der Waals surface area (Å²) < 4.78 is 12.4. The fourth-order valence-electron chi connectivity index (χ4n) is 3.55. The average molecular weight is 364 g/mol. The summed E-state index contributed by atoms with van der Waals surface area (Å²) in [6.45, 7) is 3.70. The number of piperidine rings is 2. The minimum atomic E-state index is -0.262. The van der Waals surface area contributed by atoms with Gasteiger partial charge in [0.25, 0.3) is 5.91 Å². The molecule has 0 atom stereocenters. The highest BCUT2D eigenvalue weighted by atomic mass is 16.5. The van der Waals surface area contributed by atoms with Crippen molar-refractivity contribution in [3.63, 3.8) is 0 Å². The van der Waals surface area contributed by atoms with Crippen LogP contribution in [0.3, 0.4) is 0 Å². The first-order valence-corrected chi connectivity index (χ1v) is 9.39. The summed E-state index contributed by atoms with van der Waals surface area (Å²) in [6.07, 6.45) is 7.73. The molecule has 2 saturated heterocycles. The maximum absolute atomic E-state index is 12.7. The molecule has 1 aromatic heterocycles. The van der Waals surface area contributed by atoms with Crippen molar-refractivity contribution in [2.75, 3.05) is 39.9 Å². The van der Waals surface area contributed by atoms with E-state index in [0.717, 1.165) is 38.8 Å². The van der Waals surface area contributed by atoms with Crippen molar-refractivity contribution in [3.8, 4) is 0 Å². The van der Waals surface area contributed by atoms with Gasteiger partial charge in [-0.1, -0.05) is 0 Å². The second kappa shape index (κ2) is 9.14. The molecule has 1 aromatic rings. The van der Waals surface area contributed by atoms with E-state index in [-0.39, 0.29) is 24.4 Å². The summed E-state index contributed by atoms with van der Waals surface area (Å²) in [5.74, 6) is -0.271. The van der Waals surface area contributed by atoms with Crippen LogP contribution in [-0.2, 0) is 14.3 Å². The molecule has 0 saturated carbocycles. The number of imidazole rings is 1. The molecule has 3 rings (SSSR count). The minimum Gasteiger partial charge on any atom is -0.469 e. The van der Waals surface area contributed by atoms with Gasteiger partial charge in [0.05, 0.1) is 32.6 Å². The van der Waals surface area contributed by atoms with Gasteiger partial charge in [0.15, 0.2) is 0 Å². The van der Waals surface area contributed by atoms with Crippen molar-refractivity contribution in [1.29, 1.82) is 0 Å². The van der Waals surface area contributed by atoms with E-state index in [1.807, 2.05) is 11.1 Å². The number of carbonyl (C=O) groups excluding carboxylic acids is 2. The van der Waals surface area contributed by atoms with Gasteiger partial charge in [-0.25, -0.2) is 4.98 Å². The molecule has 144 valence electrons. The Hall–Kier alpha value is -1.93. The zero-order valence-corrected chi connectivity index (χ0v) is 15.4. The normalized spacial score (nSPS) is 19.5. The lowest BCUT2D eigenvalue weighted by molar-refractivity contribution is -0.142. The molecule has 0 radical (unpaired) electrons. The van der Waals surface area contributed by atoms with E-state index in [2.05, 4.69) is 19.6 Å². The van der Waals surface area contributed by atoms with Gasteiger partial charge in [0, 0.05) is 25.3 Å². The lowest BCUT2D eigenvalue weighted by Gasteiger charge is -2.31. The van der Waals surface area contributed by atoms with Crippen LogP contribution in [0, 0.1) is 0 Å². The highest BCUT2D eigenvalue weighted by Gasteiger charge is 2.26. The smallest absolute Gasteiger partial charge is 0.307 e. The molecule has 1 amide bonds. The van der Waals surface area contributed by atoms with Crippen molar-refractivity contribution in [2.24, 2.45) is 0 Å². The highest BCUT2D eigenvalue weighted by Crippen LogP contribution is 2.20. The molecular weight excluding hydrogens is 336 g/mol. The second-order valence-corrected chi connectivity index (χ2v) is 6.88. The molecular formula is C18H28N4O4. The Morgan fingerprint density at radius 3 is 2.65 bits per heavy atom. The third-order valence-corrected chi connectivity index (χ3v) is 5.17. The molecule has 2 aliphatic rings. The number of ether oxygens (including phenoxy) is 2. The number of hydrogen-bond donors (Lipinski definition) is 1. The van der Waals surface area contributed by atoms with Crippen molar-refractivity contribution >= 4 is 11.9 Å². The van der Waals surface area contributed by atoms with Gasteiger partial charge < -0.3 is 24.3 Å². The van der Waals surface area contributed by atoms with Gasteiger partial charge in [-0.05, 0) is 38.8 Å². The first-order valence-electron chi connectivity index (χ1n) is 9.39. The molecule has 8 nitrogen and oxygen atoms in total. The van der Waals surface area contributed by atoms with E-state index in [9.17, 15) is 9.59 Å². The van der Waals surface area contributed by atoms with Crippen LogP contribution in [0.25, 0.3) is 0 Å². The number of nitrogens with one attached hydrogen (secondary N) is 1. The Bertz CT molecular complexity index is 604. The highest BCUT2D eigenvalue weighted by molar-refractivity contribution is 5.92. The third-order valence-electron chi connectivity index (χ3n) is 5.17. The van der Waals surface area contributed by atoms with Crippen LogP contribution in [0.2, 0.25) is 0 Å². The monoisotopic (exact) mass is 364 g/mol. The average Bonchev–Trinajstić information content (AvgIpc) is 3.19. The SMILES string of the molecule is COC(=O)CCOC1CCN(C(=O)c2cn(C3CCNCC3)cn2)CC1. The topological polar surface area (TPSA) is 85.7 Å². The lowest BCUT2D eigenvalue weighted by atomic mass is 10.1. The zero-order valence-electron chi connectivity index (χ0n) is 15.4. The Morgan fingerprint density at radius 1 is 1.23 bits per heavy atom. The summed E-state index contributed by atoms with van der Waals surface area (Å²) in [6, 6.07) is 0.430. The van der Waals surface area contributed by atoms with Gasteiger partial charge in [-0.15, -0.1) is 0 Å². The number of esters is 1. The first-order chi connectivity index (χ1) is 12.7. The molecule has 0 bridgehead atoms. The molecule has 0 unspecified atom stereocenters. The third kappa shape index (κ3) is 4.82. The summed E-state index contributed by atoms with van der Waals surface area (Å²) >= 11 is 0. The Kier molecular flexibility index (Phi) is 6.62. The van der Waals surface area contributed by atoms with Crippen molar-refractivity contribution < 1.29 is 19.1 Å². The largest absolute Gasteiger partial charge is 0.469 e. The Labute approximate surface area is 153 Å². The number of methoxy groups -OCH3 is 1. The van der Waals surface area contributed by atoms with Gasteiger partial charge in [-0.2, -0.15) is 0 Å². The zero-order chi connectivity index (χ0) is 18.4. The van der Waals surface area contributed by atoms with E-state index in [4.69, 9.17) is 4.74 Å². The second-order valence-electron chi connectivity index (χ2n) is 6.88. The fraction of sp³-hybridized carbons (Fsp3) is 0.722. The molecule has 3 heterocycles. The van der Waals surface area contributed by atoms with Crippen LogP contribution in [-0.4, -0.2) is 72.3 Å². The fourth-order valence-corrected chi connectivity index (χ4v) is 3.55. The lowest BCUT2D eigenvalue weighted by Crippen LogP contribution is -2.41. The van der Waals surface area contributed by atoms with E-state index in [1.54, 1.807) is 6.33 Å². The van der Waals surface area contributed by atoms with Crippen molar-refractivity contribution in [2.45, 2.75) is 44.2 Å². The Morgan fingerprint density at radius 2 is 1.96 bits per heavy atom. The number of hydrogen-bond acceptors (Lipinski definition) is 6. The Balaban J connectivity index is 1.45. The van der Waals surface area contributed by atoms with Gasteiger partial charge in [-0.3, -0.25) is 9.59 Å². The van der Waals surface area contributed by atoms with Crippen LogP contribution in [0.4, 0.5) is 0 Å². The van der Waals surface area contributed by atoms with Crippen LogP contribution < -0.4 is 5.32 Å². The molecule has 0 aromatic carbocycles. The summed E-state index contributed by atoms with van der Waals surface area (Å²) in [7, 11) is 1.37. The summed E-state index contributed by atoms with van der Waals surface area (Å²) in [4.78, 5) is 30.0. The summed E-state index contributed by atoms with van der Waals surface area (Å²) in [5.41, 5.74) is 0.522. The molecule has 0 spiro atoms. The van der Waals surface area contributed by atoms with Crippen molar-refractivity contribution in [3.05, 3.63) is 18.2 Å². The maximum atomic E-state index is 12.7. The van der Waals surface area contributed by atoms with E-state index in [1.165, 1.54) is 7.11 Å². The predicted octanol–water partition coefficient (Wildman–Crippen LogP) is 0.992.